The first-order valence-corrected chi connectivity index (χ1v) is 7.37. The number of ether oxygens (including phenoxy) is 1. The molecule has 1 fully saturated rings. The second-order valence-electron chi connectivity index (χ2n) is 7.46. The Labute approximate surface area is 116 Å². The van der Waals surface area contributed by atoms with Crippen LogP contribution >= 0.6 is 0 Å². The van der Waals surface area contributed by atoms with Gasteiger partial charge in [-0.2, -0.15) is 0 Å². The highest BCUT2D eigenvalue weighted by Gasteiger charge is 2.53. The Balaban J connectivity index is 1.99. The van der Waals surface area contributed by atoms with E-state index in [4.69, 9.17) is 10.5 Å². The zero-order chi connectivity index (χ0) is 13.8. The van der Waals surface area contributed by atoms with Crippen LogP contribution in [-0.4, -0.2) is 5.60 Å². The molecule has 0 saturated heterocycles. The molecule has 1 heterocycles. The van der Waals surface area contributed by atoms with Gasteiger partial charge in [-0.15, -0.1) is 0 Å². The monoisotopic (exact) mass is 259 g/mol. The van der Waals surface area contributed by atoms with Crippen molar-refractivity contribution in [1.29, 1.82) is 0 Å². The summed E-state index contributed by atoms with van der Waals surface area (Å²) >= 11 is 0. The van der Waals surface area contributed by atoms with Gasteiger partial charge in [-0.25, -0.2) is 0 Å². The maximum Gasteiger partial charge on any atom is 0.124 e. The first kappa shape index (κ1) is 13.0. The minimum absolute atomic E-state index is 0.0504. The average Bonchev–Trinajstić information content (AvgIpc) is 2.49. The molecule has 2 aliphatic rings. The van der Waals surface area contributed by atoms with Crippen molar-refractivity contribution >= 4 is 0 Å². The summed E-state index contributed by atoms with van der Waals surface area (Å²) in [4.78, 5) is 0. The molecule has 1 aliphatic carbocycles. The molecule has 0 radical (unpaired) electrons. The van der Waals surface area contributed by atoms with Gasteiger partial charge in [-0.1, -0.05) is 38.5 Å². The molecule has 0 amide bonds. The third-order valence-electron chi connectivity index (χ3n) is 4.98. The molecular formula is C17H25NO. The summed E-state index contributed by atoms with van der Waals surface area (Å²) in [7, 11) is 0. The molecule has 0 aromatic heterocycles. The SMILES string of the molecule is Cc1ccc2c(c1)[C@H](N)CC1(CC(C)(C)CC1C)O2. The number of aryl methyl sites for hydroxylation is 1. The molecule has 1 saturated carbocycles. The van der Waals surface area contributed by atoms with Crippen LogP contribution in [0.5, 0.6) is 5.75 Å². The average molecular weight is 259 g/mol. The van der Waals surface area contributed by atoms with E-state index < -0.39 is 0 Å². The van der Waals surface area contributed by atoms with Gasteiger partial charge in [-0.05, 0) is 37.2 Å². The number of hydrogen-bond acceptors (Lipinski definition) is 2. The fourth-order valence-electron chi connectivity index (χ4n) is 4.27. The fraction of sp³-hybridized carbons (Fsp3) is 0.647. The lowest BCUT2D eigenvalue weighted by Crippen LogP contribution is -2.45. The van der Waals surface area contributed by atoms with Crippen LogP contribution < -0.4 is 10.5 Å². The first-order chi connectivity index (χ1) is 8.81. The summed E-state index contributed by atoms with van der Waals surface area (Å²) in [5, 5.41) is 0. The van der Waals surface area contributed by atoms with Crippen LogP contribution in [0.4, 0.5) is 0 Å². The molecule has 1 aromatic rings. The highest BCUT2D eigenvalue weighted by molar-refractivity contribution is 5.42. The van der Waals surface area contributed by atoms with Gasteiger partial charge in [0.25, 0.3) is 0 Å². The zero-order valence-corrected chi connectivity index (χ0v) is 12.5. The third kappa shape index (κ3) is 2.06. The van der Waals surface area contributed by atoms with Crippen LogP contribution in [0.1, 0.15) is 57.2 Å². The molecule has 2 unspecified atom stereocenters. The Morgan fingerprint density at radius 2 is 2.00 bits per heavy atom. The second kappa shape index (κ2) is 3.99. The van der Waals surface area contributed by atoms with E-state index in [1.807, 2.05) is 0 Å². The van der Waals surface area contributed by atoms with Gasteiger partial charge in [0.1, 0.15) is 11.4 Å². The van der Waals surface area contributed by atoms with Crippen molar-refractivity contribution in [2.75, 3.05) is 0 Å². The Morgan fingerprint density at radius 3 is 2.63 bits per heavy atom. The molecule has 1 aliphatic heterocycles. The van der Waals surface area contributed by atoms with Gasteiger partial charge < -0.3 is 10.5 Å². The molecule has 2 nitrogen and oxygen atoms in total. The Morgan fingerprint density at radius 1 is 1.26 bits per heavy atom. The van der Waals surface area contributed by atoms with Gasteiger partial charge in [0.2, 0.25) is 0 Å². The van der Waals surface area contributed by atoms with E-state index in [0.717, 1.165) is 18.6 Å². The number of nitrogens with two attached hydrogens (primary N) is 1. The lowest BCUT2D eigenvalue weighted by molar-refractivity contribution is 0.00180. The van der Waals surface area contributed by atoms with E-state index in [2.05, 4.69) is 45.9 Å². The summed E-state index contributed by atoms with van der Waals surface area (Å²) in [5.41, 5.74) is 9.19. The van der Waals surface area contributed by atoms with Gasteiger partial charge >= 0.3 is 0 Å². The largest absolute Gasteiger partial charge is 0.487 e. The lowest BCUT2D eigenvalue weighted by Gasteiger charge is -2.42. The Kier molecular flexibility index (Phi) is 2.72. The third-order valence-corrected chi connectivity index (χ3v) is 4.98. The zero-order valence-electron chi connectivity index (χ0n) is 12.5. The molecule has 1 aromatic carbocycles. The van der Waals surface area contributed by atoms with E-state index in [-0.39, 0.29) is 11.6 Å². The van der Waals surface area contributed by atoms with Crippen LogP contribution in [0.2, 0.25) is 0 Å². The number of hydrogen-bond donors (Lipinski definition) is 1. The minimum atomic E-state index is -0.0504. The molecule has 19 heavy (non-hydrogen) atoms. The van der Waals surface area contributed by atoms with Crippen molar-refractivity contribution in [3.8, 4) is 5.75 Å². The van der Waals surface area contributed by atoms with Crippen molar-refractivity contribution in [3.63, 3.8) is 0 Å². The van der Waals surface area contributed by atoms with Crippen LogP contribution in [0.3, 0.4) is 0 Å². The number of rotatable bonds is 0. The molecule has 3 rings (SSSR count). The van der Waals surface area contributed by atoms with E-state index in [1.54, 1.807) is 0 Å². The highest BCUT2D eigenvalue weighted by atomic mass is 16.5. The van der Waals surface area contributed by atoms with E-state index in [0.29, 0.717) is 11.3 Å². The minimum Gasteiger partial charge on any atom is -0.487 e. The van der Waals surface area contributed by atoms with Crippen molar-refractivity contribution in [2.45, 2.75) is 58.6 Å². The van der Waals surface area contributed by atoms with Gasteiger partial charge in [0.05, 0.1) is 0 Å². The maximum atomic E-state index is 6.47. The highest BCUT2D eigenvalue weighted by Crippen LogP contribution is 2.55. The Hall–Kier alpha value is -1.02. The van der Waals surface area contributed by atoms with Crippen LogP contribution in [-0.2, 0) is 0 Å². The van der Waals surface area contributed by atoms with Crippen molar-refractivity contribution in [1.82, 2.24) is 0 Å². The normalized spacial score (nSPS) is 36.1. The van der Waals surface area contributed by atoms with Crippen LogP contribution in [0.15, 0.2) is 18.2 Å². The van der Waals surface area contributed by atoms with Gasteiger partial charge in [-0.3, -0.25) is 0 Å². The Bertz CT molecular complexity index is 508. The van der Waals surface area contributed by atoms with Crippen molar-refractivity contribution < 1.29 is 4.74 Å². The van der Waals surface area contributed by atoms with Crippen molar-refractivity contribution in [3.05, 3.63) is 29.3 Å². The van der Waals surface area contributed by atoms with Crippen molar-refractivity contribution in [2.24, 2.45) is 17.1 Å². The summed E-state index contributed by atoms with van der Waals surface area (Å²) < 4.78 is 6.47. The molecule has 104 valence electrons. The maximum absolute atomic E-state index is 6.47. The van der Waals surface area contributed by atoms with Crippen LogP contribution in [0, 0.1) is 18.3 Å². The summed E-state index contributed by atoms with van der Waals surface area (Å²) in [6, 6.07) is 6.51. The second-order valence-corrected chi connectivity index (χ2v) is 7.46. The standard InChI is InChI=1S/C17H25NO/c1-11-5-6-15-13(7-11)14(18)9-17(19-15)10-16(3,4)8-12(17)2/h5-7,12,14H,8-10,18H2,1-4H3/t12?,14-,17?/m1/s1. The van der Waals surface area contributed by atoms with Gasteiger partial charge in [0.15, 0.2) is 0 Å². The predicted octanol–water partition coefficient (Wildman–Crippen LogP) is 3.97. The molecule has 3 atom stereocenters. The number of benzene rings is 1. The predicted molar refractivity (Wildman–Crippen MR) is 78.3 cm³/mol. The molecular weight excluding hydrogens is 234 g/mol. The molecule has 1 spiro atoms. The summed E-state index contributed by atoms with van der Waals surface area (Å²) in [5.74, 6) is 1.58. The topological polar surface area (TPSA) is 35.2 Å². The summed E-state index contributed by atoms with van der Waals surface area (Å²) in [6.45, 7) is 9.12. The molecule has 0 bridgehead atoms. The lowest BCUT2D eigenvalue weighted by atomic mass is 9.80. The summed E-state index contributed by atoms with van der Waals surface area (Å²) in [6.07, 6.45) is 3.29. The van der Waals surface area contributed by atoms with E-state index in [9.17, 15) is 0 Å². The smallest absolute Gasteiger partial charge is 0.124 e. The quantitative estimate of drug-likeness (QED) is 0.765. The fourth-order valence-corrected chi connectivity index (χ4v) is 4.27. The number of fused-ring (bicyclic) bond motifs is 1. The van der Waals surface area contributed by atoms with Crippen LogP contribution in [0.25, 0.3) is 0 Å². The molecule has 2 heteroatoms. The molecule has 2 N–H and O–H groups in total. The van der Waals surface area contributed by atoms with Gasteiger partial charge in [0, 0.05) is 18.0 Å². The first-order valence-electron chi connectivity index (χ1n) is 7.37. The van der Waals surface area contributed by atoms with E-state index >= 15 is 0 Å². The van der Waals surface area contributed by atoms with E-state index in [1.165, 1.54) is 17.5 Å².